The summed E-state index contributed by atoms with van der Waals surface area (Å²) >= 11 is 0. The first-order valence-corrected chi connectivity index (χ1v) is 8.63. The minimum absolute atomic E-state index is 0.282. The Morgan fingerprint density at radius 2 is 2.05 bits per heavy atom. The van der Waals surface area contributed by atoms with E-state index >= 15 is 0 Å². The average molecular weight is 312 g/mol. The molecule has 0 saturated carbocycles. The fourth-order valence-electron chi connectivity index (χ4n) is 2.90. The van der Waals surface area contributed by atoms with Crippen molar-refractivity contribution in [1.29, 1.82) is 0 Å². The summed E-state index contributed by atoms with van der Waals surface area (Å²) in [5.74, 6) is 0.282. The van der Waals surface area contributed by atoms with Crippen LogP contribution in [0, 0.1) is 19.8 Å². The summed E-state index contributed by atoms with van der Waals surface area (Å²) in [7, 11) is -1.80. The predicted molar refractivity (Wildman–Crippen MR) is 82.5 cm³/mol. The molecular formula is C15H24N2O3S. The molecular weight excluding hydrogens is 288 g/mol. The predicted octanol–water partition coefficient (Wildman–Crippen LogP) is 1.42. The Hall–Kier alpha value is -0.950. The smallest absolute Gasteiger partial charge is 0.243 e. The first-order chi connectivity index (χ1) is 9.90. The average Bonchev–Trinajstić information content (AvgIpc) is 2.88. The Kier molecular flexibility index (Phi) is 5.03. The highest BCUT2D eigenvalue weighted by atomic mass is 32.2. The molecule has 0 aliphatic carbocycles. The summed E-state index contributed by atoms with van der Waals surface area (Å²) in [5.41, 5.74) is 8.40. The maximum atomic E-state index is 12.8. The number of methoxy groups -OCH3 is 1. The van der Waals surface area contributed by atoms with Gasteiger partial charge < -0.3 is 10.5 Å². The quantitative estimate of drug-likeness (QED) is 0.892. The van der Waals surface area contributed by atoms with Gasteiger partial charge in [0.1, 0.15) is 0 Å². The van der Waals surface area contributed by atoms with Crippen LogP contribution in [0.3, 0.4) is 0 Å². The lowest BCUT2D eigenvalue weighted by atomic mass is 10.1. The number of benzene rings is 1. The maximum absolute atomic E-state index is 12.8. The van der Waals surface area contributed by atoms with Gasteiger partial charge in [0, 0.05) is 26.7 Å². The standard InChI is InChI=1S/C15H24N2O3S/c1-11-6-12(2)15(7-14(11)8-16)21(18,19)17-5-4-13(9-17)10-20-3/h6-7,13H,4-5,8-10,16H2,1-3H3. The van der Waals surface area contributed by atoms with Gasteiger partial charge in [-0.15, -0.1) is 0 Å². The molecule has 1 aliphatic heterocycles. The van der Waals surface area contributed by atoms with Crippen molar-refractivity contribution < 1.29 is 13.2 Å². The fourth-order valence-corrected chi connectivity index (χ4v) is 4.69. The summed E-state index contributed by atoms with van der Waals surface area (Å²) in [6.07, 6.45) is 0.849. The molecule has 1 unspecified atom stereocenters. The molecule has 1 aromatic rings. The van der Waals surface area contributed by atoms with E-state index in [2.05, 4.69) is 0 Å². The van der Waals surface area contributed by atoms with Gasteiger partial charge in [0.05, 0.1) is 11.5 Å². The lowest BCUT2D eigenvalue weighted by Crippen LogP contribution is -2.30. The summed E-state index contributed by atoms with van der Waals surface area (Å²) in [6.45, 7) is 5.83. The molecule has 118 valence electrons. The van der Waals surface area contributed by atoms with Crippen molar-refractivity contribution in [3.63, 3.8) is 0 Å². The molecule has 0 radical (unpaired) electrons. The molecule has 1 saturated heterocycles. The normalized spacial score (nSPS) is 20.1. The molecule has 6 heteroatoms. The van der Waals surface area contributed by atoms with Crippen LogP contribution in [-0.2, 0) is 21.3 Å². The zero-order valence-corrected chi connectivity index (χ0v) is 13.7. The molecule has 0 bridgehead atoms. The summed E-state index contributed by atoms with van der Waals surface area (Å²) in [6, 6.07) is 3.63. The van der Waals surface area contributed by atoms with E-state index < -0.39 is 10.0 Å². The molecule has 0 aromatic heterocycles. The van der Waals surface area contributed by atoms with E-state index in [-0.39, 0.29) is 5.92 Å². The second-order valence-corrected chi connectivity index (χ2v) is 7.63. The van der Waals surface area contributed by atoms with Crippen LogP contribution in [0.2, 0.25) is 0 Å². The van der Waals surface area contributed by atoms with Crippen LogP contribution < -0.4 is 5.73 Å². The number of hydrogen-bond acceptors (Lipinski definition) is 4. The molecule has 0 amide bonds. The molecule has 1 heterocycles. The minimum Gasteiger partial charge on any atom is -0.384 e. The van der Waals surface area contributed by atoms with Crippen LogP contribution >= 0.6 is 0 Å². The monoisotopic (exact) mass is 312 g/mol. The SMILES string of the molecule is COCC1CCN(S(=O)(=O)c2cc(CN)c(C)cc2C)C1. The van der Waals surface area contributed by atoms with Crippen LogP contribution in [0.15, 0.2) is 17.0 Å². The zero-order valence-electron chi connectivity index (χ0n) is 12.9. The first-order valence-electron chi connectivity index (χ1n) is 7.19. The van der Waals surface area contributed by atoms with Crippen molar-refractivity contribution in [3.05, 3.63) is 28.8 Å². The Balaban J connectivity index is 2.32. The maximum Gasteiger partial charge on any atom is 0.243 e. The van der Waals surface area contributed by atoms with Gasteiger partial charge in [-0.2, -0.15) is 4.31 Å². The second kappa shape index (κ2) is 6.44. The van der Waals surface area contributed by atoms with E-state index in [0.717, 1.165) is 23.1 Å². The van der Waals surface area contributed by atoms with Gasteiger partial charge in [-0.3, -0.25) is 0 Å². The van der Waals surface area contributed by atoms with Gasteiger partial charge >= 0.3 is 0 Å². The third-order valence-corrected chi connectivity index (χ3v) is 6.13. The van der Waals surface area contributed by atoms with Crippen molar-refractivity contribution in [3.8, 4) is 0 Å². The molecule has 1 fully saturated rings. The lowest BCUT2D eigenvalue weighted by Gasteiger charge is -2.19. The van der Waals surface area contributed by atoms with Gasteiger partial charge in [0.2, 0.25) is 10.0 Å². The number of ether oxygens (including phenoxy) is 1. The number of nitrogens with two attached hydrogens (primary N) is 1. The number of aryl methyl sites for hydroxylation is 2. The van der Waals surface area contributed by atoms with Crippen LogP contribution in [0.25, 0.3) is 0 Å². The van der Waals surface area contributed by atoms with Crippen molar-refractivity contribution in [2.75, 3.05) is 26.8 Å². The summed E-state index contributed by atoms with van der Waals surface area (Å²) in [5, 5.41) is 0. The van der Waals surface area contributed by atoms with Crippen LogP contribution in [-0.4, -0.2) is 39.5 Å². The molecule has 1 aliphatic rings. The number of hydrogen-bond donors (Lipinski definition) is 1. The first kappa shape index (κ1) is 16.4. The topological polar surface area (TPSA) is 72.6 Å². The van der Waals surface area contributed by atoms with Crippen molar-refractivity contribution in [2.24, 2.45) is 11.7 Å². The van der Waals surface area contributed by atoms with Gasteiger partial charge in [0.15, 0.2) is 0 Å². The van der Waals surface area contributed by atoms with Gasteiger partial charge in [-0.25, -0.2) is 8.42 Å². The fraction of sp³-hybridized carbons (Fsp3) is 0.600. The highest BCUT2D eigenvalue weighted by Gasteiger charge is 2.33. The third-order valence-electron chi connectivity index (χ3n) is 4.12. The van der Waals surface area contributed by atoms with Gasteiger partial charge in [-0.1, -0.05) is 6.07 Å². The Bertz CT molecular complexity index is 614. The van der Waals surface area contributed by atoms with E-state index in [0.29, 0.717) is 31.1 Å². The molecule has 1 aromatic carbocycles. The lowest BCUT2D eigenvalue weighted by molar-refractivity contribution is 0.157. The highest BCUT2D eigenvalue weighted by molar-refractivity contribution is 7.89. The van der Waals surface area contributed by atoms with E-state index in [4.69, 9.17) is 10.5 Å². The summed E-state index contributed by atoms with van der Waals surface area (Å²) in [4.78, 5) is 0.381. The van der Waals surface area contributed by atoms with Crippen LogP contribution in [0.4, 0.5) is 0 Å². The van der Waals surface area contributed by atoms with E-state index in [9.17, 15) is 8.42 Å². The van der Waals surface area contributed by atoms with E-state index in [1.165, 1.54) is 0 Å². The second-order valence-electron chi connectivity index (χ2n) is 5.72. The number of nitrogens with zero attached hydrogens (tertiary/aromatic N) is 1. The number of rotatable bonds is 5. The Morgan fingerprint density at radius 3 is 2.67 bits per heavy atom. The molecule has 21 heavy (non-hydrogen) atoms. The highest BCUT2D eigenvalue weighted by Crippen LogP contribution is 2.28. The third kappa shape index (κ3) is 3.29. The van der Waals surface area contributed by atoms with E-state index in [1.807, 2.05) is 19.9 Å². The Morgan fingerprint density at radius 1 is 1.33 bits per heavy atom. The zero-order chi connectivity index (χ0) is 15.6. The largest absolute Gasteiger partial charge is 0.384 e. The molecule has 2 N–H and O–H groups in total. The van der Waals surface area contributed by atoms with Gasteiger partial charge in [0.25, 0.3) is 0 Å². The molecule has 1 atom stereocenters. The Labute approximate surface area is 127 Å². The van der Waals surface area contributed by atoms with Gasteiger partial charge in [-0.05, 0) is 48.9 Å². The van der Waals surface area contributed by atoms with E-state index in [1.54, 1.807) is 17.5 Å². The van der Waals surface area contributed by atoms with Crippen LogP contribution in [0.1, 0.15) is 23.1 Å². The molecule has 0 spiro atoms. The summed E-state index contributed by atoms with van der Waals surface area (Å²) < 4.78 is 32.4. The van der Waals surface area contributed by atoms with Crippen molar-refractivity contribution in [2.45, 2.75) is 31.7 Å². The minimum atomic E-state index is -3.45. The molecule has 2 rings (SSSR count). The van der Waals surface area contributed by atoms with Crippen LogP contribution in [0.5, 0.6) is 0 Å². The van der Waals surface area contributed by atoms with Crippen molar-refractivity contribution >= 4 is 10.0 Å². The molecule has 5 nitrogen and oxygen atoms in total. The van der Waals surface area contributed by atoms with Crippen molar-refractivity contribution in [1.82, 2.24) is 4.31 Å². The number of sulfonamides is 1.